The Morgan fingerprint density at radius 1 is 1.44 bits per heavy atom. The van der Waals surface area contributed by atoms with E-state index < -0.39 is 11.9 Å². The second-order valence-corrected chi connectivity index (χ2v) is 2.27. The zero-order valence-electron chi connectivity index (χ0n) is 5.76. The Morgan fingerprint density at radius 3 is 2.00 bits per heavy atom. The van der Waals surface area contributed by atoms with Crippen molar-refractivity contribution in [2.75, 3.05) is 14.2 Å². The third-order valence-electron chi connectivity index (χ3n) is 1.96. The summed E-state index contributed by atoms with van der Waals surface area (Å²) in [4.78, 5) is 0. The van der Waals surface area contributed by atoms with Crippen molar-refractivity contribution in [3.63, 3.8) is 0 Å². The molecule has 1 fully saturated rings. The van der Waals surface area contributed by atoms with E-state index in [0.29, 0.717) is 0 Å². The van der Waals surface area contributed by atoms with Gasteiger partial charge in [0.2, 0.25) is 0 Å². The van der Waals surface area contributed by atoms with Crippen molar-refractivity contribution in [1.82, 2.24) is 0 Å². The zero-order chi connectivity index (χ0) is 6.91. The summed E-state index contributed by atoms with van der Waals surface area (Å²) >= 11 is 0. The number of methoxy groups -OCH3 is 2. The summed E-state index contributed by atoms with van der Waals surface area (Å²) in [5.74, 6) is -0.681. The first-order valence-electron chi connectivity index (χ1n) is 3.03. The molecule has 1 rings (SSSR count). The molecule has 1 atom stereocenters. The molecule has 1 unspecified atom stereocenters. The second kappa shape index (κ2) is 2.25. The highest BCUT2D eigenvalue weighted by molar-refractivity contribution is 4.89. The van der Waals surface area contributed by atoms with Crippen LogP contribution < -0.4 is 0 Å². The molecule has 3 nitrogen and oxygen atoms in total. The van der Waals surface area contributed by atoms with Gasteiger partial charge in [0.15, 0.2) is 5.79 Å². The van der Waals surface area contributed by atoms with Gasteiger partial charge in [0.25, 0.3) is 0 Å². The summed E-state index contributed by atoms with van der Waals surface area (Å²) < 4.78 is 9.93. The highest BCUT2D eigenvalue weighted by Gasteiger charge is 2.46. The number of hydrogen-bond donors (Lipinski definition) is 1. The fourth-order valence-corrected chi connectivity index (χ4v) is 1.07. The maximum Gasteiger partial charge on any atom is 0.193 e. The van der Waals surface area contributed by atoms with Gasteiger partial charge in [0.05, 0.1) is 0 Å². The van der Waals surface area contributed by atoms with Crippen molar-refractivity contribution in [2.45, 2.75) is 24.7 Å². The zero-order valence-corrected chi connectivity index (χ0v) is 5.76. The molecule has 1 saturated carbocycles. The maximum absolute atomic E-state index is 9.11. The SMILES string of the molecule is COC1(OC)CCC1O. The van der Waals surface area contributed by atoms with Gasteiger partial charge in [-0.15, -0.1) is 0 Å². The molecule has 0 aromatic rings. The van der Waals surface area contributed by atoms with Crippen LogP contribution in [0.4, 0.5) is 0 Å². The lowest BCUT2D eigenvalue weighted by molar-refractivity contribution is -0.305. The van der Waals surface area contributed by atoms with E-state index in [0.717, 1.165) is 12.8 Å². The minimum absolute atomic E-state index is 0.438. The van der Waals surface area contributed by atoms with E-state index in [-0.39, 0.29) is 0 Å². The molecule has 0 aliphatic heterocycles. The average Bonchev–Trinajstić information content (AvgIpc) is 1.89. The fourth-order valence-electron chi connectivity index (χ4n) is 1.07. The smallest absolute Gasteiger partial charge is 0.193 e. The van der Waals surface area contributed by atoms with Crippen LogP contribution in [0.3, 0.4) is 0 Å². The van der Waals surface area contributed by atoms with Crippen LogP contribution in [0.1, 0.15) is 12.8 Å². The number of ether oxygens (including phenoxy) is 2. The molecule has 0 heterocycles. The van der Waals surface area contributed by atoms with Gasteiger partial charge in [-0.3, -0.25) is 0 Å². The predicted molar refractivity (Wildman–Crippen MR) is 32.0 cm³/mol. The summed E-state index contributed by atoms with van der Waals surface area (Å²) in [6.07, 6.45) is 1.13. The molecule has 0 aromatic heterocycles. The summed E-state index contributed by atoms with van der Waals surface area (Å²) in [7, 11) is 3.10. The molecule has 1 aliphatic rings. The Balaban J connectivity index is 2.48. The standard InChI is InChI=1S/C6H12O3/c1-8-6(9-2)4-3-5(6)7/h5,7H,3-4H2,1-2H3. The van der Waals surface area contributed by atoms with Gasteiger partial charge < -0.3 is 14.6 Å². The van der Waals surface area contributed by atoms with Crippen molar-refractivity contribution >= 4 is 0 Å². The molecule has 0 spiro atoms. The van der Waals surface area contributed by atoms with Gasteiger partial charge in [-0.2, -0.15) is 0 Å². The van der Waals surface area contributed by atoms with E-state index in [4.69, 9.17) is 14.6 Å². The molecule has 9 heavy (non-hydrogen) atoms. The molecule has 0 bridgehead atoms. The Labute approximate surface area is 54.6 Å². The molecule has 0 saturated heterocycles. The summed E-state index contributed by atoms with van der Waals surface area (Å²) in [6, 6.07) is 0. The molecule has 0 amide bonds. The van der Waals surface area contributed by atoms with E-state index in [2.05, 4.69) is 0 Å². The van der Waals surface area contributed by atoms with Crippen LogP contribution in [0.15, 0.2) is 0 Å². The maximum atomic E-state index is 9.11. The van der Waals surface area contributed by atoms with Crippen LogP contribution in [0, 0.1) is 0 Å². The summed E-state index contributed by atoms with van der Waals surface area (Å²) in [5.41, 5.74) is 0. The van der Waals surface area contributed by atoms with Crippen LogP contribution in [-0.4, -0.2) is 31.2 Å². The monoisotopic (exact) mass is 132 g/mol. The van der Waals surface area contributed by atoms with Gasteiger partial charge in [-0.25, -0.2) is 0 Å². The summed E-state index contributed by atoms with van der Waals surface area (Å²) in [6.45, 7) is 0. The fraction of sp³-hybridized carbons (Fsp3) is 1.00. The summed E-state index contributed by atoms with van der Waals surface area (Å²) in [5, 5.41) is 9.11. The Kier molecular flexibility index (Phi) is 1.75. The minimum Gasteiger partial charge on any atom is -0.388 e. The average molecular weight is 132 g/mol. The van der Waals surface area contributed by atoms with Crippen LogP contribution >= 0.6 is 0 Å². The van der Waals surface area contributed by atoms with E-state index in [1.54, 1.807) is 14.2 Å². The van der Waals surface area contributed by atoms with E-state index in [9.17, 15) is 0 Å². The number of aliphatic hydroxyl groups is 1. The van der Waals surface area contributed by atoms with Crippen molar-refractivity contribution in [3.8, 4) is 0 Å². The van der Waals surface area contributed by atoms with Gasteiger partial charge >= 0.3 is 0 Å². The highest BCUT2D eigenvalue weighted by atomic mass is 16.7. The molecular formula is C6H12O3. The molecular weight excluding hydrogens is 120 g/mol. The lowest BCUT2D eigenvalue weighted by Crippen LogP contribution is -2.54. The third-order valence-corrected chi connectivity index (χ3v) is 1.96. The van der Waals surface area contributed by atoms with Crippen LogP contribution in [0.2, 0.25) is 0 Å². The van der Waals surface area contributed by atoms with E-state index >= 15 is 0 Å². The van der Waals surface area contributed by atoms with Gasteiger partial charge in [0.1, 0.15) is 6.10 Å². The number of hydrogen-bond acceptors (Lipinski definition) is 3. The first-order chi connectivity index (χ1) is 4.25. The Hall–Kier alpha value is -0.120. The van der Waals surface area contributed by atoms with E-state index in [1.165, 1.54) is 0 Å². The van der Waals surface area contributed by atoms with Crippen molar-refractivity contribution in [3.05, 3.63) is 0 Å². The van der Waals surface area contributed by atoms with Gasteiger partial charge in [0, 0.05) is 20.6 Å². The molecule has 0 radical (unpaired) electrons. The normalized spacial score (nSPS) is 31.7. The lowest BCUT2D eigenvalue weighted by atomic mass is 9.87. The second-order valence-electron chi connectivity index (χ2n) is 2.27. The van der Waals surface area contributed by atoms with E-state index in [1.807, 2.05) is 0 Å². The van der Waals surface area contributed by atoms with Crippen LogP contribution in [0.25, 0.3) is 0 Å². The highest BCUT2D eigenvalue weighted by Crippen LogP contribution is 2.35. The quantitative estimate of drug-likeness (QED) is 0.543. The predicted octanol–water partition coefficient (Wildman–Crippen LogP) is 0.130. The molecule has 54 valence electrons. The molecule has 1 aliphatic carbocycles. The largest absolute Gasteiger partial charge is 0.388 e. The molecule has 3 heteroatoms. The first kappa shape index (κ1) is 6.99. The minimum atomic E-state index is -0.681. The first-order valence-corrected chi connectivity index (χ1v) is 3.03. The number of aliphatic hydroxyl groups excluding tert-OH is 1. The van der Waals surface area contributed by atoms with Gasteiger partial charge in [-0.1, -0.05) is 0 Å². The van der Waals surface area contributed by atoms with Crippen molar-refractivity contribution in [2.24, 2.45) is 0 Å². The number of rotatable bonds is 2. The van der Waals surface area contributed by atoms with Crippen molar-refractivity contribution < 1.29 is 14.6 Å². The Bertz CT molecular complexity index is 93.0. The van der Waals surface area contributed by atoms with Crippen LogP contribution in [-0.2, 0) is 9.47 Å². The molecule has 1 N–H and O–H groups in total. The topological polar surface area (TPSA) is 38.7 Å². The third kappa shape index (κ3) is 0.852. The lowest BCUT2D eigenvalue weighted by Gasteiger charge is -2.43. The van der Waals surface area contributed by atoms with Crippen molar-refractivity contribution in [1.29, 1.82) is 0 Å². The Morgan fingerprint density at radius 2 is 2.00 bits per heavy atom. The van der Waals surface area contributed by atoms with Crippen LogP contribution in [0.5, 0.6) is 0 Å². The van der Waals surface area contributed by atoms with Gasteiger partial charge in [-0.05, 0) is 6.42 Å². The molecule has 0 aromatic carbocycles.